The molecular formula is C17H22BFO4S. The molecule has 0 bridgehead atoms. The lowest BCUT2D eigenvalue weighted by Gasteiger charge is -2.32. The van der Waals surface area contributed by atoms with Crippen molar-refractivity contribution in [2.24, 2.45) is 0 Å². The van der Waals surface area contributed by atoms with Crippen molar-refractivity contribution in [1.82, 2.24) is 0 Å². The molecule has 0 aromatic heterocycles. The minimum Gasteiger partial charge on any atom is -0.481 e. The van der Waals surface area contributed by atoms with Crippen molar-refractivity contribution < 1.29 is 23.6 Å². The van der Waals surface area contributed by atoms with Crippen LogP contribution >= 0.6 is 12.6 Å². The van der Waals surface area contributed by atoms with Crippen molar-refractivity contribution >= 4 is 31.8 Å². The molecule has 24 heavy (non-hydrogen) atoms. The quantitative estimate of drug-likeness (QED) is 0.630. The van der Waals surface area contributed by atoms with Gasteiger partial charge in [0.1, 0.15) is 5.82 Å². The van der Waals surface area contributed by atoms with E-state index in [-0.39, 0.29) is 12.0 Å². The van der Waals surface area contributed by atoms with Crippen LogP contribution in [0.5, 0.6) is 0 Å². The number of benzene rings is 1. The van der Waals surface area contributed by atoms with Crippen molar-refractivity contribution in [2.75, 3.05) is 5.75 Å². The Morgan fingerprint density at radius 2 is 1.88 bits per heavy atom. The fourth-order valence-electron chi connectivity index (χ4n) is 2.38. The summed E-state index contributed by atoms with van der Waals surface area (Å²) >= 11 is 4.34. The van der Waals surface area contributed by atoms with Gasteiger partial charge in [-0.05, 0) is 56.4 Å². The maximum Gasteiger partial charge on any atom is 0.491 e. The molecular weight excluding hydrogens is 330 g/mol. The minimum atomic E-state index is -1.07. The smallest absolute Gasteiger partial charge is 0.481 e. The van der Waals surface area contributed by atoms with Crippen LogP contribution < -0.4 is 0 Å². The zero-order valence-corrected chi connectivity index (χ0v) is 15.2. The van der Waals surface area contributed by atoms with Crippen LogP contribution in [0.3, 0.4) is 0 Å². The number of carboxylic acids is 1. The molecule has 7 heteroatoms. The van der Waals surface area contributed by atoms with Gasteiger partial charge in [0, 0.05) is 5.75 Å². The molecule has 1 aromatic carbocycles. The molecule has 0 saturated carbocycles. The van der Waals surface area contributed by atoms with Crippen LogP contribution in [-0.2, 0) is 20.5 Å². The number of rotatable bonds is 5. The summed E-state index contributed by atoms with van der Waals surface area (Å²) in [4.78, 5) is 10.8. The number of carbonyl (C=O) groups is 1. The van der Waals surface area contributed by atoms with E-state index in [0.717, 1.165) is 5.47 Å². The highest BCUT2D eigenvalue weighted by molar-refractivity contribution is 7.80. The number of aliphatic carboxylic acids is 1. The molecule has 1 aliphatic rings. The van der Waals surface area contributed by atoms with E-state index in [1.165, 1.54) is 12.1 Å². The zero-order valence-electron chi connectivity index (χ0n) is 14.3. The first-order chi connectivity index (χ1) is 11.1. The summed E-state index contributed by atoms with van der Waals surface area (Å²) in [6, 6.07) is 4.39. The predicted octanol–water partition coefficient (Wildman–Crippen LogP) is 3.40. The summed E-state index contributed by atoms with van der Waals surface area (Å²) in [6.45, 7) is 7.86. The van der Waals surface area contributed by atoms with E-state index in [9.17, 15) is 9.18 Å². The third kappa shape index (κ3) is 4.02. The molecule has 0 unspecified atom stereocenters. The zero-order chi connectivity index (χ0) is 18.1. The molecule has 1 aliphatic heterocycles. The molecule has 0 radical (unpaired) electrons. The Kier molecular flexibility index (Phi) is 5.47. The normalized spacial score (nSPS) is 19.6. The Morgan fingerprint density at radius 1 is 1.29 bits per heavy atom. The van der Waals surface area contributed by atoms with Crippen LogP contribution in [-0.4, -0.2) is 35.1 Å². The highest BCUT2D eigenvalue weighted by Gasteiger charge is 2.52. The monoisotopic (exact) mass is 352 g/mol. The fourth-order valence-corrected chi connectivity index (χ4v) is 2.62. The summed E-state index contributed by atoms with van der Waals surface area (Å²) in [5.41, 5.74) is 0.702. The molecule has 1 fully saturated rings. The lowest BCUT2D eigenvalue weighted by atomic mass is 9.78. The highest BCUT2D eigenvalue weighted by Crippen LogP contribution is 2.39. The van der Waals surface area contributed by atoms with E-state index in [1.54, 1.807) is 12.1 Å². The maximum absolute atomic E-state index is 13.7. The van der Waals surface area contributed by atoms with Crippen LogP contribution in [0, 0.1) is 5.82 Å². The second-order valence-corrected chi connectivity index (χ2v) is 7.20. The molecule has 1 N–H and O–H groups in total. The summed E-state index contributed by atoms with van der Waals surface area (Å²) in [5, 5.41) is 8.86. The van der Waals surface area contributed by atoms with Gasteiger partial charge in [-0.15, -0.1) is 0 Å². The van der Waals surface area contributed by atoms with Crippen LogP contribution in [0.15, 0.2) is 23.7 Å². The summed E-state index contributed by atoms with van der Waals surface area (Å²) < 4.78 is 25.7. The lowest BCUT2D eigenvalue weighted by molar-refractivity contribution is -0.136. The highest BCUT2D eigenvalue weighted by atomic mass is 32.1. The number of halogens is 1. The van der Waals surface area contributed by atoms with Gasteiger partial charge >= 0.3 is 13.1 Å². The SMILES string of the molecule is CC1(C)OB(C(=Cc2ccc(F)c(CC(=O)O)c2)CS)OC1(C)C. The summed E-state index contributed by atoms with van der Waals surface area (Å²) in [5.74, 6) is -1.20. The Hall–Kier alpha value is -1.31. The van der Waals surface area contributed by atoms with Gasteiger partial charge in [0.2, 0.25) is 0 Å². The van der Waals surface area contributed by atoms with Gasteiger partial charge in [0.05, 0.1) is 17.6 Å². The van der Waals surface area contributed by atoms with Crippen LogP contribution in [0.25, 0.3) is 6.08 Å². The van der Waals surface area contributed by atoms with E-state index < -0.39 is 30.1 Å². The van der Waals surface area contributed by atoms with Gasteiger partial charge in [0.15, 0.2) is 0 Å². The van der Waals surface area contributed by atoms with Crippen molar-refractivity contribution in [3.63, 3.8) is 0 Å². The largest absolute Gasteiger partial charge is 0.491 e. The van der Waals surface area contributed by atoms with Gasteiger partial charge in [-0.25, -0.2) is 4.39 Å². The molecule has 1 heterocycles. The molecule has 4 nitrogen and oxygen atoms in total. The second kappa shape index (κ2) is 6.90. The second-order valence-electron chi connectivity index (χ2n) is 6.89. The van der Waals surface area contributed by atoms with E-state index >= 15 is 0 Å². The lowest BCUT2D eigenvalue weighted by Crippen LogP contribution is -2.41. The van der Waals surface area contributed by atoms with Crippen LogP contribution in [0.4, 0.5) is 4.39 Å². The standard InChI is InChI=1S/C17H22BFO4S/c1-16(2)17(3,4)23-18(22-16)13(10-24)8-11-5-6-14(19)12(7-11)9-15(20)21/h5-8,24H,9-10H2,1-4H3,(H,20,21). The number of carboxylic acid groups (broad SMARTS) is 1. The maximum atomic E-state index is 13.7. The Bertz CT molecular complexity index is 657. The van der Waals surface area contributed by atoms with Gasteiger partial charge in [0.25, 0.3) is 0 Å². The first-order valence-corrected chi connectivity index (χ1v) is 8.36. The third-order valence-corrected chi connectivity index (χ3v) is 4.87. The Labute approximate surface area is 147 Å². The molecule has 2 rings (SSSR count). The van der Waals surface area contributed by atoms with Gasteiger partial charge in [-0.2, -0.15) is 12.6 Å². The molecule has 1 aromatic rings. The fraction of sp³-hybridized carbons (Fsp3) is 0.471. The first kappa shape index (κ1) is 19.0. The number of thiol groups is 1. The molecule has 0 atom stereocenters. The van der Waals surface area contributed by atoms with E-state index in [2.05, 4.69) is 12.6 Å². The van der Waals surface area contributed by atoms with Crippen LogP contribution in [0.2, 0.25) is 0 Å². The predicted molar refractivity (Wildman–Crippen MR) is 95.7 cm³/mol. The Morgan fingerprint density at radius 3 is 2.38 bits per heavy atom. The van der Waals surface area contributed by atoms with Crippen molar-refractivity contribution in [1.29, 1.82) is 0 Å². The molecule has 130 valence electrons. The van der Waals surface area contributed by atoms with E-state index in [1.807, 2.05) is 27.7 Å². The molecule has 0 aliphatic carbocycles. The van der Waals surface area contributed by atoms with Crippen molar-refractivity contribution in [3.8, 4) is 0 Å². The van der Waals surface area contributed by atoms with Gasteiger partial charge in [-0.3, -0.25) is 4.79 Å². The van der Waals surface area contributed by atoms with Crippen molar-refractivity contribution in [3.05, 3.63) is 40.6 Å². The van der Waals surface area contributed by atoms with Crippen LogP contribution in [0.1, 0.15) is 38.8 Å². The van der Waals surface area contributed by atoms with E-state index in [0.29, 0.717) is 11.3 Å². The topological polar surface area (TPSA) is 55.8 Å². The van der Waals surface area contributed by atoms with Gasteiger partial charge < -0.3 is 14.4 Å². The average Bonchev–Trinajstić information content (AvgIpc) is 2.67. The summed E-state index contributed by atoms with van der Waals surface area (Å²) in [6.07, 6.45) is 1.44. The average molecular weight is 352 g/mol. The first-order valence-electron chi connectivity index (χ1n) is 7.73. The third-order valence-electron chi connectivity index (χ3n) is 4.50. The number of hydrogen-bond acceptors (Lipinski definition) is 4. The van der Waals surface area contributed by atoms with Gasteiger partial charge in [-0.1, -0.05) is 12.1 Å². The molecule has 0 amide bonds. The van der Waals surface area contributed by atoms with E-state index in [4.69, 9.17) is 14.4 Å². The minimum absolute atomic E-state index is 0.142. The molecule has 0 spiro atoms. The molecule has 1 saturated heterocycles. The Balaban J connectivity index is 2.30. The summed E-state index contributed by atoms with van der Waals surface area (Å²) in [7, 11) is -0.541. The number of hydrogen-bond donors (Lipinski definition) is 2. The van der Waals surface area contributed by atoms with Crippen molar-refractivity contribution in [2.45, 2.75) is 45.3 Å².